The second-order valence-electron chi connectivity index (χ2n) is 7.13. The van der Waals surface area contributed by atoms with Gasteiger partial charge in [-0.2, -0.15) is 0 Å². The Bertz CT molecular complexity index is 1220. The van der Waals surface area contributed by atoms with Crippen LogP contribution in [-0.2, 0) is 9.47 Å². The van der Waals surface area contributed by atoms with Crippen molar-refractivity contribution in [3.05, 3.63) is 99.1 Å². The van der Waals surface area contributed by atoms with Crippen LogP contribution < -0.4 is 9.47 Å². The van der Waals surface area contributed by atoms with Crippen molar-refractivity contribution in [3.63, 3.8) is 0 Å². The standard InChI is InChI=1S/C24H19NO8/c1-30-19-9-5-8-18(20(19)31-2)22(21-16-6-3-4-7-17(16)24(27)33-21)32-23(26)14-10-12-15(13-11-14)25(28)29/h3-13,21-22H,1-2H3/t21-,22-/m1/s1. The van der Waals surface area contributed by atoms with Gasteiger partial charge in [0.1, 0.15) is 0 Å². The van der Waals surface area contributed by atoms with Crippen molar-refractivity contribution in [2.75, 3.05) is 14.2 Å². The molecule has 1 aliphatic rings. The highest BCUT2D eigenvalue weighted by molar-refractivity contribution is 5.94. The Morgan fingerprint density at radius 1 is 1.00 bits per heavy atom. The fourth-order valence-electron chi connectivity index (χ4n) is 3.73. The Morgan fingerprint density at radius 3 is 2.39 bits per heavy atom. The maximum absolute atomic E-state index is 13.0. The number of hydrogen-bond acceptors (Lipinski definition) is 8. The van der Waals surface area contributed by atoms with Gasteiger partial charge in [-0.05, 0) is 24.3 Å². The molecule has 0 saturated heterocycles. The molecule has 0 N–H and O–H groups in total. The summed E-state index contributed by atoms with van der Waals surface area (Å²) in [6.07, 6.45) is -2.01. The molecule has 0 unspecified atom stereocenters. The van der Waals surface area contributed by atoms with Gasteiger partial charge in [-0.15, -0.1) is 0 Å². The van der Waals surface area contributed by atoms with Crippen LogP contribution in [0.5, 0.6) is 11.5 Å². The molecule has 0 amide bonds. The van der Waals surface area contributed by atoms with E-state index < -0.39 is 29.1 Å². The van der Waals surface area contributed by atoms with E-state index in [2.05, 4.69) is 0 Å². The SMILES string of the molecule is COc1cccc([C@@H](OC(=O)c2ccc([N+](=O)[O-])cc2)[C@@H]2OC(=O)c3ccccc32)c1OC. The Kier molecular flexibility index (Phi) is 5.95. The van der Waals surface area contributed by atoms with E-state index in [1.165, 1.54) is 38.5 Å². The van der Waals surface area contributed by atoms with Gasteiger partial charge in [0.05, 0.1) is 30.3 Å². The normalized spacial score (nSPS) is 15.2. The van der Waals surface area contributed by atoms with Gasteiger partial charge in [0.15, 0.2) is 23.7 Å². The minimum Gasteiger partial charge on any atom is -0.493 e. The number of esters is 2. The van der Waals surface area contributed by atoms with E-state index in [1.54, 1.807) is 42.5 Å². The van der Waals surface area contributed by atoms with Crippen molar-refractivity contribution in [2.45, 2.75) is 12.2 Å². The molecule has 2 atom stereocenters. The van der Waals surface area contributed by atoms with Crippen LogP contribution in [0.15, 0.2) is 66.7 Å². The molecular formula is C24H19NO8. The van der Waals surface area contributed by atoms with Crippen LogP contribution in [0, 0.1) is 10.1 Å². The first-order valence-electron chi connectivity index (χ1n) is 9.90. The van der Waals surface area contributed by atoms with Gasteiger partial charge >= 0.3 is 11.9 Å². The lowest BCUT2D eigenvalue weighted by atomic mass is 9.95. The maximum Gasteiger partial charge on any atom is 0.339 e. The smallest absolute Gasteiger partial charge is 0.339 e. The maximum atomic E-state index is 13.0. The van der Waals surface area contributed by atoms with Gasteiger partial charge in [0, 0.05) is 23.3 Å². The third-order valence-electron chi connectivity index (χ3n) is 5.28. The van der Waals surface area contributed by atoms with Crippen molar-refractivity contribution in [3.8, 4) is 11.5 Å². The highest BCUT2D eigenvalue weighted by Gasteiger charge is 2.41. The lowest BCUT2D eigenvalue weighted by molar-refractivity contribution is -0.384. The number of nitrogens with zero attached hydrogens (tertiary/aromatic N) is 1. The van der Waals surface area contributed by atoms with Crippen molar-refractivity contribution in [1.29, 1.82) is 0 Å². The van der Waals surface area contributed by atoms with E-state index in [4.69, 9.17) is 18.9 Å². The summed E-state index contributed by atoms with van der Waals surface area (Å²) in [5.74, 6) is -0.556. The molecule has 0 bridgehead atoms. The third-order valence-corrected chi connectivity index (χ3v) is 5.28. The average molecular weight is 449 g/mol. The van der Waals surface area contributed by atoms with E-state index in [0.717, 1.165) is 0 Å². The average Bonchev–Trinajstić information content (AvgIpc) is 3.18. The molecule has 0 fully saturated rings. The van der Waals surface area contributed by atoms with E-state index >= 15 is 0 Å². The summed E-state index contributed by atoms with van der Waals surface area (Å²) in [4.78, 5) is 35.8. The number of hydrogen-bond donors (Lipinski definition) is 0. The number of nitro groups is 1. The molecule has 9 heteroatoms. The Morgan fingerprint density at radius 2 is 1.73 bits per heavy atom. The minimum absolute atomic E-state index is 0.102. The molecule has 168 valence electrons. The second-order valence-corrected chi connectivity index (χ2v) is 7.13. The van der Waals surface area contributed by atoms with E-state index in [-0.39, 0.29) is 11.3 Å². The number of carbonyl (C=O) groups is 2. The number of fused-ring (bicyclic) bond motifs is 1. The summed E-state index contributed by atoms with van der Waals surface area (Å²) in [6.45, 7) is 0. The van der Waals surface area contributed by atoms with E-state index in [9.17, 15) is 19.7 Å². The molecule has 0 aliphatic carbocycles. The zero-order valence-corrected chi connectivity index (χ0v) is 17.7. The van der Waals surface area contributed by atoms with Crippen LogP contribution in [0.2, 0.25) is 0 Å². The molecule has 3 aromatic rings. The number of rotatable bonds is 7. The number of non-ortho nitro benzene ring substituents is 1. The van der Waals surface area contributed by atoms with Crippen LogP contribution in [0.25, 0.3) is 0 Å². The molecule has 4 rings (SSSR count). The Hall–Kier alpha value is -4.40. The zero-order chi connectivity index (χ0) is 23.5. The minimum atomic E-state index is -1.08. The van der Waals surface area contributed by atoms with Gasteiger partial charge in [-0.1, -0.05) is 30.3 Å². The van der Waals surface area contributed by atoms with Crippen LogP contribution in [0.3, 0.4) is 0 Å². The zero-order valence-electron chi connectivity index (χ0n) is 17.7. The summed E-state index contributed by atoms with van der Waals surface area (Å²) in [6, 6.07) is 16.9. The number of methoxy groups -OCH3 is 2. The first kappa shape index (κ1) is 21.8. The van der Waals surface area contributed by atoms with Gasteiger partial charge in [-0.25, -0.2) is 9.59 Å². The lowest BCUT2D eigenvalue weighted by Gasteiger charge is -2.26. The van der Waals surface area contributed by atoms with Gasteiger partial charge in [0.2, 0.25) is 0 Å². The number of carbonyl (C=O) groups excluding carboxylic acids is 2. The molecule has 1 aliphatic heterocycles. The monoisotopic (exact) mass is 449 g/mol. The first-order chi connectivity index (χ1) is 15.9. The van der Waals surface area contributed by atoms with Gasteiger partial charge in [0.25, 0.3) is 5.69 Å². The number of para-hydroxylation sites is 1. The summed E-state index contributed by atoms with van der Waals surface area (Å²) in [7, 11) is 2.93. The molecule has 33 heavy (non-hydrogen) atoms. The van der Waals surface area contributed by atoms with E-state index in [1.807, 2.05) is 0 Å². The Labute approximate surface area is 188 Å². The number of benzene rings is 3. The van der Waals surface area contributed by atoms with Crippen molar-refractivity contribution in [2.24, 2.45) is 0 Å². The summed E-state index contributed by atoms with van der Waals surface area (Å²) >= 11 is 0. The molecule has 1 heterocycles. The third kappa shape index (κ3) is 4.08. The molecule has 0 radical (unpaired) electrons. The highest BCUT2D eigenvalue weighted by Crippen LogP contribution is 2.46. The molecule has 3 aromatic carbocycles. The molecule has 9 nitrogen and oxygen atoms in total. The summed E-state index contributed by atoms with van der Waals surface area (Å²) < 4.78 is 22.3. The van der Waals surface area contributed by atoms with Crippen molar-refractivity contribution >= 4 is 17.6 Å². The summed E-state index contributed by atoms with van der Waals surface area (Å²) in [5.41, 5.74) is 1.32. The van der Waals surface area contributed by atoms with E-state index in [0.29, 0.717) is 28.2 Å². The molecule has 0 aromatic heterocycles. The van der Waals surface area contributed by atoms with Gasteiger partial charge < -0.3 is 18.9 Å². The predicted molar refractivity (Wildman–Crippen MR) is 115 cm³/mol. The first-order valence-corrected chi connectivity index (χ1v) is 9.90. The molecular weight excluding hydrogens is 430 g/mol. The van der Waals surface area contributed by atoms with Crippen LogP contribution in [0.4, 0.5) is 5.69 Å². The largest absolute Gasteiger partial charge is 0.493 e. The Balaban J connectivity index is 1.77. The van der Waals surface area contributed by atoms with Crippen LogP contribution in [0.1, 0.15) is 44.1 Å². The van der Waals surface area contributed by atoms with Crippen LogP contribution >= 0.6 is 0 Å². The predicted octanol–water partition coefficient (Wildman–Crippen LogP) is 4.42. The highest BCUT2D eigenvalue weighted by atomic mass is 16.6. The fourth-order valence-corrected chi connectivity index (χ4v) is 3.73. The fraction of sp³-hybridized carbons (Fsp3) is 0.167. The topological polar surface area (TPSA) is 114 Å². The van der Waals surface area contributed by atoms with Gasteiger partial charge in [-0.3, -0.25) is 10.1 Å². The van der Waals surface area contributed by atoms with Crippen molar-refractivity contribution < 1.29 is 33.5 Å². The number of nitro benzene ring substituents is 1. The number of cyclic esters (lactones) is 1. The quantitative estimate of drug-likeness (QED) is 0.296. The van der Waals surface area contributed by atoms with Crippen molar-refractivity contribution in [1.82, 2.24) is 0 Å². The van der Waals surface area contributed by atoms with Crippen LogP contribution in [-0.4, -0.2) is 31.1 Å². The molecule has 0 saturated carbocycles. The summed E-state index contributed by atoms with van der Waals surface area (Å²) in [5, 5.41) is 10.9. The second kappa shape index (κ2) is 8.99. The molecule has 0 spiro atoms. The number of ether oxygens (including phenoxy) is 4. The lowest BCUT2D eigenvalue weighted by Crippen LogP contribution is -2.20.